The second kappa shape index (κ2) is 14.6. The highest BCUT2D eigenvalue weighted by Gasteiger charge is 2.71. The maximum Gasteiger partial charge on any atom is 0.309 e. The minimum absolute atomic E-state index is 0.0168. The molecule has 0 aromatic heterocycles. The van der Waals surface area contributed by atoms with E-state index in [2.05, 4.69) is 53.8 Å². The zero-order valence-electron chi connectivity index (χ0n) is 35.0. The van der Waals surface area contributed by atoms with Crippen LogP contribution in [0.15, 0.2) is 35.4 Å². The van der Waals surface area contributed by atoms with Crippen LogP contribution in [0.1, 0.15) is 139 Å². The van der Waals surface area contributed by atoms with Gasteiger partial charge >= 0.3 is 17.9 Å². The lowest BCUT2D eigenvalue weighted by Crippen LogP contribution is -2.66. The quantitative estimate of drug-likeness (QED) is 0.213. The monoisotopic (exact) mass is 779 g/mol. The minimum atomic E-state index is -1.18. The van der Waals surface area contributed by atoms with E-state index in [4.69, 9.17) is 21.1 Å². The maximum absolute atomic E-state index is 14.3. The molecule has 0 heterocycles. The van der Waals surface area contributed by atoms with Gasteiger partial charge in [0.25, 0.3) is 0 Å². The molecule has 8 nitrogen and oxygen atoms in total. The van der Waals surface area contributed by atoms with Gasteiger partial charge in [-0.3, -0.25) is 19.2 Å². The first kappa shape index (κ1) is 41.9. The van der Waals surface area contributed by atoms with E-state index in [1.54, 1.807) is 13.8 Å². The van der Waals surface area contributed by atoms with Crippen LogP contribution in [0.4, 0.5) is 0 Å². The standard InChI is InChI=1S/C46H66ClNO7/c1-27(2)38-32(50)23-46(36(54-28(3)49)26-48-25-29-11-13-30(47)14-12-29)22-21-44(9)31(39(38)46)15-16-34-43(8)19-18-35(55-37(51)24-41(4,5)40(52)53)42(6,7)33(43)17-20-45(34,44)10/h11-14,27,31,33-36,48H,15-26H2,1-10H3,(H,52,53)/t31-,33+,34-,35+,36+,43+,44-,45-,46-/m1/s1. The number of carbonyl (C=O) groups is 4. The average molecular weight is 780 g/mol. The molecule has 5 aliphatic rings. The number of rotatable bonds is 11. The Labute approximate surface area is 334 Å². The molecular formula is C46H66ClNO7. The SMILES string of the molecule is CC(=O)O[C@@H](CNCc1ccc(Cl)cc1)[C@]12CC[C@]3(C)[C@H](CC[C@@H]4[C@@]5(C)CC[C@H](OC(=O)CC(C)(C)C(=O)O)C(C)(C)[C@@H]5CC[C@]43C)C1=C(C(C)C)C(=O)C2. The number of benzene rings is 1. The smallest absolute Gasteiger partial charge is 0.309 e. The first-order valence-electron chi connectivity index (χ1n) is 20.9. The van der Waals surface area contributed by atoms with Crippen molar-refractivity contribution >= 4 is 35.3 Å². The highest BCUT2D eigenvalue weighted by molar-refractivity contribution is 6.30. The Morgan fingerprint density at radius 2 is 1.60 bits per heavy atom. The molecule has 4 fully saturated rings. The molecule has 0 saturated heterocycles. The summed E-state index contributed by atoms with van der Waals surface area (Å²) >= 11 is 6.14. The van der Waals surface area contributed by atoms with Gasteiger partial charge in [-0.15, -0.1) is 0 Å². The van der Waals surface area contributed by atoms with Crippen molar-refractivity contribution in [3.05, 3.63) is 46.0 Å². The number of Topliss-reactive ketones (excluding diaryl/α,β-unsaturated/α-hetero) is 1. The zero-order valence-corrected chi connectivity index (χ0v) is 35.8. The molecule has 9 heteroatoms. The van der Waals surface area contributed by atoms with Gasteiger partial charge in [0.15, 0.2) is 5.78 Å². The van der Waals surface area contributed by atoms with Crippen molar-refractivity contribution in [2.24, 2.45) is 56.2 Å². The molecule has 4 saturated carbocycles. The molecule has 304 valence electrons. The van der Waals surface area contributed by atoms with Crippen molar-refractivity contribution in [2.75, 3.05) is 6.54 Å². The fourth-order valence-electron chi connectivity index (χ4n) is 13.4. The van der Waals surface area contributed by atoms with Gasteiger partial charge in [-0.1, -0.05) is 72.2 Å². The van der Waals surface area contributed by atoms with E-state index in [0.717, 1.165) is 62.5 Å². The Bertz CT molecular complexity index is 1730. The molecule has 6 rings (SSSR count). The number of esters is 2. The second-order valence-corrected chi connectivity index (χ2v) is 20.8. The van der Waals surface area contributed by atoms with Gasteiger partial charge in [0.05, 0.1) is 11.8 Å². The number of ketones is 1. The number of hydrogen-bond acceptors (Lipinski definition) is 7. The van der Waals surface area contributed by atoms with Gasteiger partial charge in [0.2, 0.25) is 0 Å². The summed E-state index contributed by atoms with van der Waals surface area (Å²) in [4.78, 5) is 52.0. The lowest BCUT2D eigenvalue weighted by Gasteiger charge is -2.72. The predicted octanol–water partition coefficient (Wildman–Crippen LogP) is 9.75. The van der Waals surface area contributed by atoms with Crippen LogP contribution < -0.4 is 5.32 Å². The summed E-state index contributed by atoms with van der Waals surface area (Å²) in [6.07, 6.45) is 7.14. The molecule has 0 unspecified atom stereocenters. The van der Waals surface area contributed by atoms with Gasteiger partial charge in [-0.05, 0) is 134 Å². The van der Waals surface area contributed by atoms with Gasteiger partial charge in [0, 0.05) is 42.3 Å². The average Bonchev–Trinajstić information content (AvgIpc) is 3.39. The number of carbonyl (C=O) groups excluding carboxylic acids is 3. The third kappa shape index (κ3) is 6.91. The highest BCUT2D eigenvalue weighted by Crippen LogP contribution is 2.77. The number of carboxylic acid groups (broad SMARTS) is 1. The van der Waals surface area contributed by atoms with Crippen molar-refractivity contribution in [3.8, 4) is 0 Å². The maximum atomic E-state index is 14.3. The summed E-state index contributed by atoms with van der Waals surface area (Å²) in [5, 5.41) is 13.9. The van der Waals surface area contributed by atoms with Crippen LogP contribution in [0.25, 0.3) is 0 Å². The van der Waals surface area contributed by atoms with E-state index in [-0.39, 0.29) is 57.8 Å². The van der Waals surface area contributed by atoms with Crippen LogP contribution in [0, 0.1) is 56.2 Å². The third-order valence-corrected chi connectivity index (χ3v) is 16.6. The third-order valence-electron chi connectivity index (χ3n) is 16.4. The number of hydrogen-bond donors (Lipinski definition) is 2. The molecule has 1 aromatic rings. The van der Waals surface area contributed by atoms with Crippen LogP contribution in [-0.2, 0) is 35.2 Å². The number of aliphatic carboxylic acids is 1. The fourth-order valence-corrected chi connectivity index (χ4v) is 13.5. The largest absolute Gasteiger partial charge is 0.481 e. The van der Waals surface area contributed by atoms with E-state index in [1.165, 1.54) is 12.5 Å². The summed E-state index contributed by atoms with van der Waals surface area (Å²) in [5.74, 6) is -0.439. The number of carboxylic acids is 1. The van der Waals surface area contributed by atoms with Crippen molar-refractivity contribution in [1.82, 2.24) is 5.32 Å². The van der Waals surface area contributed by atoms with Crippen molar-refractivity contribution in [3.63, 3.8) is 0 Å². The van der Waals surface area contributed by atoms with Crippen LogP contribution in [-0.4, -0.2) is 47.6 Å². The molecule has 1 aromatic carbocycles. The van der Waals surface area contributed by atoms with Crippen molar-refractivity contribution < 1.29 is 33.8 Å². The van der Waals surface area contributed by atoms with Crippen LogP contribution >= 0.6 is 11.6 Å². The van der Waals surface area contributed by atoms with E-state index < -0.39 is 28.9 Å². The molecule has 55 heavy (non-hydrogen) atoms. The Kier molecular flexibility index (Phi) is 11.1. The normalized spacial score (nSPS) is 36.0. The van der Waals surface area contributed by atoms with E-state index in [0.29, 0.717) is 36.4 Å². The molecule has 0 bridgehead atoms. The summed E-state index contributed by atoms with van der Waals surface area (Å²) in [6.45, 7) is 22.1. The zero-order chi connectivity index (χ0) is 40.5. The lowest BCUT2D eigenvalue weighted by molar-refractivity contribution is -0.235. The summed E-state index contributed by atoms with van der Waals surface area (Å²) in [6, 6.07) is 7.76. The first-order valence-corrected chi connectivity index (χ1v) is 21.2. The summed E-state index contributed by atoms with van der Waals surface area (Å²) < 4.78 is 12.5. The van der Waals surface area contributed by atoms with Crippen LogP contribution in [0.2, 0.25) is 5.02 Å². The molecule has 0 aliphatic heterocycles. The second-order valence-electron chi connectivity index (χ2n) is 20.4. The van der Waals surface area contributed by atoms with Crippen LogP contribution in [0.5, 0.6) is 0 Å². The Morgan fingerprint density at radius 3 is 2.22 bits per heavy atom. The van der Waals surface area contributed by atoms with Gasteiger partial charge in [0.1, 0.15) is 12.2 Å². The molecule has 5 aliphatic carbocycles. The Morgan fingerprint density at radius 1 is 0.927 bits per heavy atom. The highest BCUT2D eigenvalue weighted by atomic mass is 35.5. The lowest BCUT2D eigenvalue weighted by atomic mass is 9.33. The van der Waals surface area contributed by atoms with Crippen molar-refractivity contribution in [1.29, 1.82) is 0 Å². The minimum Gasteiger partial charge on any atom is -0.481 e. The van der Waals surface area contributed by atoms with Gasteiger partial charge < -0.3 is 19.9 Å². The number of halogens is 1. The molecule has 2 N–H and O–H groups in total. The van der Waals surface area contributed by atoms with E-state index in [9.17, 15) is 24.3 Å². The van der Waals surface area contributed by atoms with Crippen molar-refractivity contribution in [2.45, 2.75) is 152 Å². The van der Waals surface area contributed by atoms with E-state index in [1.807, 2.05) is 24.3 Å². The molecule has 0 spiro atoms. The number of fused-ring (bicyclic) bond motifs is 7. The Balaban J connectivity index is 1.30. The predicted molar refractivity (Wildman–Crippen MR) is 214 cm³/mol. The summed E-state index contributed by atoms with van der Waals surface area (Å²) in [7, 11) is 0. The molecule has 9 atom stereocenters. The molecule has 0 amide bonds. The van der Waals surface area contributed by atoms with Gasteiger partial charge in [-0.25, -0.2) is 0 Å². The summed E-state index contributed by atoms with van der Waals surface area (Å²) in [5.41, 5.74) is 1.37. The fraction of sp³-hybridized carbons (Fsp3) is 0.739. The first-order chi connectivity index (χ1) is 25.5. The van der Waals surface area contributed by atoms with E-state index >= 15 is 0 Å². The number of ether oxygens (including phenoxy) is 2. The van der Waals surface area contributed by atoms with Crippen LogP contribution in [0.3, 0.4) is 0 Å². The molecule has 0 radical (unpaired) electrons. The Hall–Kier alpha value is -2.71. The topological polar surface area (TPSA) is 119 Å². The molecular weight excluding hydrogens is 714 g/mol. The van der Waals surface area contributed by atoms with Gasteiger partial charge in [-0.2, -0.15) is 0 Å². The number of nitrogens with one attached hydrogen (secondary N) is 1. The number of allylic oxidation sites excluding steroid dienone is 1.